The van der Waals surface area contributed by atoms with Gasteiger partial charge in [-0.1, -0.05) is 11.8 Å². The Bertz CT molecular complexity index is 505. The van der Waals surface area contributed by atoms with Gasteiger partial charge in [0.25, 0.3) is 0 Å². The maximum atomic E-state index is 4.48. The average Bonchev–Trinajstić information content (AvgIpc) is 3.07. The molecule has 5 heteroatoms. The van der Waals surface area contributed by atoms with E-state index in [1.807, 2.05) is 24.7 Å². The minimum Gasteiger partial charge on any atom is -0.249 e. The van der Waals surface area contributed by atoms with E-state index < -0.39 is 0 Å². The molecule has 0 aromatic carbocycles. The molecule has 82 valence electrons. The number of thioether (sulfide) groups is 1. The van der Waals surface area contributed by atoms with Gasteiger partial charge < -0.3 is 0 Å². The Hall–Kier alpha value is -0.940. The predicted octanol–water partition coefficient (Wildman–Crippen LogP) is 3.20. The predicted molar refractivity (Wildman–Crippen MR) is 66.9 cm³/mol. The Morgan fingerprint density at radius 2 is 2.25 bits per heavy atom. The van der Waals surface area contributed by atoms with Gasteiger partial charge >= 0.3 is 0 Å². The minimum absolute atomic E-state index is 0.723. The van der Waals surface area contributed by atoms with Crippen molar-refractivity contribution < 1.29 is 0 Å². The summed E-state index contributed by atoms with van der Waals surface area (Å²) in [6, 6.07) is 1.95. The maximum absolute atomic E-state index is 4.48. The van der Waals surface area contributed by atoms with Gasteiger partial charge in [0, 0.05) is 18.3 Å². The summed E-state index contributed by atoms with van der Waals surface area (Å²) in [4.78, 5) is 14.3. The highest BCUT2D eigenvalue weighted by molar-refractivity contribution is 7.98. The Morgan fingerprint density at radius 3 is 3.00 bits per heavy atom. The Kier molecular flexibility index (Phi) is 2.65. The molecule has 0 aliphatic heterocycles. The van der Waals surface area contributed by atoms with Crippen molar-refractivity contribution in [3.8, 4) is 10.6 Å². The minimum atomic E-state index is 0.723. The van der Waals surface area contributed by atoms with Crippen molar-refractivity contribution in [2.45, 2.75) is 23.9 Å². The molecule has 2 aromatic heterocycles. The lowest BCUT2D eigenvalue weighted by Gasteiger charge is -1.97. The van der Waals surface area contributed by atoms with Crippen LogP contribution in [-0.2, 0) is 0 Å². The third-order valence-corrected chi connectivity index (χ3v) is 4.26. The fourth-order valence-corrected chi connectivity index (χ4v) is 2.91. The molecule has 0 saturated heterocycles. The molecule has 1 aliphatic rings. The molecule has 1 saturated carbocycles. The molecule has 3 nitrogen and oxygen atoms in total. The van der Waals surface area contributed by atoms with Crippen molar-refractivity contribution in [1.82, 2.24) is 15.0 Å². The van der Waals surface area contributed by atoms with Crippen molar-refractivity contribution in [2.75, 3.05) is 6.26 Å². The first kappa shape index (κ1) is 10.2. The van der Waals surface area contributed by atoms with Gasteiger partial charge in [-0.05, 0) is 25.2 Å². The van der Waals surface area contributed by atoms with Crippen molar-refractivity contribution in [2.24, 2.45) is 0 Å². The van der Waals surface area contributed by atoms with E-state index in [0.29, 0.717) is 0 Å². The lowest BCUT2D eigenvalue weighted by atomic mass is 10.4. The van der Waals surface area contributed by atoms with Crippen molar-refractivity contribution in [1.29, 1.82) is 0 Å². The highest BCUT2D eigenvalue weighted by Gasteiger charge is 2.26. The van der Waals surface area contributed by atoms with Crippen LogP contribution >= 0.6 is 23.1 Å². The topological polar surface area (TPSA) is 38.7 Å². The van der Waals surface area contributed by atoms with E-state index in [-0.39, 0.29) is 0 Å². The van der Waals surface area contributed by atoms with Crippen LogP contribution in [0.25, 0.3) is 10.6 Å². The van der Waals surface area contributed by atoms with Gasteiger partial charge in [0.15, 0.2) is 5.16 Å². The fourth-order valence-electron chi connectivity index (χ4n) is 1.50. The number of thiazole rings is 1. The van der Waals surface area contributed by atoms with Crippen LogP contribution in [0.5, 0.6) is 0 Å². The molecule has 0 bridgehead atoms. The van der Waals surface area contributed by atoms with Crippen LogP contribution < -0.4 is 0 Å². The van der Waals surface area contributed by atoms with Gasteiger partial charge in [-0.2, -0.15) is 0 Å². The smallest absolute Gasteiger partial charge is 0.187 e. The first-order valence-corrected chi connectivity index (χ1v) is 7.24. The highest BCUT2D eigenvalue weighted by atomic mass is 32.2. The Morgan fingerprint density at radius 1 is 1.38 bits per heavy atom. The van der Waals surface area contributed by atoms with E-state index in [4.69, 9.17) is 0 Å². The highest BCUT2D eigenvalue weighted by Crippen LogP contribution is 2.43. The van der Waals surface area contributed by atoms with Crippen LogP contribution in [-0.4, -0.2) is 21.2 Å². The van der Waals surface area contributed by atoms with Gasteiger partial charge in [0.2, 0.25) is 0 Å². The van der Waals surface area contributed by atoms with Crippen LogP contribution in [0.4, 0.5) is 0 Å². The second-order valence-corrected chi connectivity index (χ2v) is 5.60. The molecular weight excluding hydrogens is 238 g/mol. The van der Waals surface area contributed by atoms with E-state index >= 15 is 0 Å². The van der Waals surface area contributed by atoms with Crippen molar-refractivity contribution in [3.63, 3.8) is 0 Å². The van der Waals surface area contributed by atoms with Crippen molar-refractivity contribution in [3.05, 3.63) is 23.5 Å². The molecule has 0 amide bonds. The summed E-state index contributed by atoms with van der Waals surface area (Å²) in [5, 5.41) is 2.08. The Balaban J connectivity index is 1.93. The number of nitrogens with zero attached hydrogens (tertiary/aromatic N) is 3. The van der Waals surface area contributed by atoms with Gasteiger partial charge in [0.1, 0.15) is 0 Å². The molecule has 0 N–H and O–H groups in total. The lowest BCUT2D eigenvalue weighted by Crippen LogP contribution is -1.86. The molecule has 3 rings (SSSR count). The molecule has 16 heavy (non-hydrogen) atoms. The van der Waals surface area contributed by atoms with E-state index in [1.165, 1.54) is 17.8 Å². The van der Waals surface area contributed by atoms with E-state index in [9.17, 15) is 0 Å². The largest absolute Gasteiger partial charge is 0.249 e. The van der Waals surface area contributed by atoms with Crippen molar-refractivity contribution >= 4 is 23.1 Å². The van der Waals surface area contributed by atoms with Gasteiger partial charge in [-0.3, -0.25) is 0 Å². The van der Waals surface area contributed by atoms with E-state index in [0.717, 1.165) is 21.6 Å². The molecule has 2 heterocycles. The molecular formula is C11H11N3S2. The first-order chi connectivity index (χ1) is 7.86. The second-order valence-electron chi connectivity index (χ2n) is 3.77. The lowest BCUT2D eigenvalue weighted by molar-refractivity contribution is 0.977. The van der Waals surface area contributed by atoms with Crippen LogP contribution in [0.2, 0.25) is 0 Å². The summed E-state index contributed by atoms with van der Waals surface area (Å²) in [5.41, 5.74) is 0.990. The summed E-state index contributed by atoms with van der Waals surface area (Å²) >= 11 is 3.33. The third-order valence-electron chi connectivity index (χ3n) is 2.52. The summed E-state index contributed by atoms with van der Waals surface area (Å²) in [7, 11) is 0. The standard InChI is InChI=1S/C11H11N3S2/c1-15-11-12-5-4-8(14-11)9-6-13-10(16-9)7-2-3-7/h4-7H,2-3H2,1H3. The molecule has 1 fully saturated rings. The zero-order chi connectivity index (χ0) is 11.0. The third kappa shape index (κ3) is 1.97. The quantitative estimate of drug-likeness (QED) is 0.618. The van der Waals surface area contributed by atoms with E-state index in [2.05, 4.69) is 15.0 Å². The normalized spacial score (nSPS) is 15.3. The zero-order valence-corrected chi connectivity index (χ0v) is 10.5. The number of rotatable bonds is 3. The molecule has 0 atom stereocenters. The van der Waals surface area contributed by atoms with E-state index in [1.54, 1.807) is 23.1 Å². The SMILES string of the molecule is CSc1nccc(-c2cnc(C3CC3)s2)n1. The summed E-state index contributed by atoms with van der Waals surface area (Å²) in [6.45, 7) is 0. The van der Waals surface area contributed by atoms with Crippen LogP contribution in [0.1, 0.15) is 23.8 Å². The molecule has 0 spiro atoms. The molecule has 0 unspecified atom stereocenters. The number of aromatic nitrogens is 3. The van der Waals surface area contributed by atoms with Gasteiger partial charge in [-0.25, -0.2) is 15.0 Å². The fraction of sp³-hybridized carbons (Fsp3) is 0.364. The number of hydrogen-bond acceptors (Lipinski definition) is 5. The van der Waals surface area contributed by atoms with Crippen LogP contribution in [0.3, 0.4) is 0 Å². The summed E-state index contributed by atoms with van der Waals surface area (Å²) < 4.78 is 0. The molecule has 2 aromatic rings. The summed E-state index contributed by atoms with van der Waals surface area (Å²) in [5.74, 6) is 0.723. The number of hydrogen-bond donors (Lipinski definition) is 0. The van der Waals surface area contributed by atoms with Crippen LogP contribution in [0.15, 0.2) is 23.6 Å². The maximum Gasteiger partial charge on any atom is 0.187 e. The first-order valence-electron chi connectivity index (χ1n) is 5.20. The molecule has 0 radical (unpaired) electrons. The average molecular weight is 249 g/mol. The van der Waals surface area contributed by atoms with Crippen LogP contribution in [0, 0.1) is 0 Å². The monoisotopic (exact) mass is 249 g/mol. The van der Waals surface area contributed by atoms with Gasteiger partial charge in [-0.15, -0.1) is 11.3 Å². The molecule has 1 aliphatic carbocycles. The zero-order valence-electron chi connectivity index (χ0n) is 8.88. The Labute approximate surface area is 102 Å². The van der Waals surface area contributed by atoms with Gasteiger partial charge in [0.05, 0.1) is 15.6 Å². The summed E-state index contributed by atoms with van der Waals surface area (Å²) in [6.07, 6.45) is 8.33. The second kappa shape index (κ2) is 4.14.